The number of benzene rings is 2. The Kier molecular flexibility index (Phi) is 7.38. The first-order valence-corrected chi connectivity index (χ1v) is 10.5. The predicted octanol–water partition coefficient (Wildman–Crippen LogP) is 2.47. The Labute approximate surface area is 161 Å². The van der Waals surface area contributed by atoms with Crippen molar-refractivity contribution in [3.8, 4) is 5.75 Å². The van der Waals surface area contributed by atoms with Crippen molar-refractivity contribution in [3.63, 3.8) is 0 Å². The Hall–Kier alpha value is -2.38. The molecule has 0 bridgehead atoms. The number of ether oxygens (including phenoxy) is 1. The average Bonchev–Trinajstić information content (AvgIpc) is 2.64. The number of methoxy groups -OCH3 is 1. The van der Waals surface area contributed by atoms with Crippen LogP contribution in [-0.4, -0.2) is 38.5 Å². The maximum atomic E-state index is 12.2. The molecule has 0 heterocycles. The number of hydrogen-bond donors (Lipinski definition) is 1. The molecule has 0 aliphatic heterocycles. The molecule has 6 nitrogen and oxygen atoms in total. The van der Waals surface area contributed by atoms with E-state index in [1.165, 1.54) is 4.31 Å². The van der Waals surface area contributed by atoms with Crippen LogP contribution in [-0.2, 0) is 27.9 Å². The second-order valence-corrected chi connectivity index (χ2v) is 8.40. The topological polar surface area (TPSA) is 75.7 Å². The third-order valence-corrected chi connectivity index (χ3v) is 5.46. The fourth-order valence-corrected chi connectivity index (χ4v) is 3.42. The van der Waals surface area contributed by atoms with E-state index in [1.54, 1.807) is 7.11 Å². The van der Waals surface area contributed by atoms with Gasteiger partial charge in [0.05, 0.1) is 13.4 Å². The minimum atomic E-state index is -3.41. The van der Waals surface area contributed by atoms with Crippen molar-refractivity contribution in [2.24, 2.45) is 0 Å². The number of sulfonamides is 1. The quantitative estimate of drug-likeness (QED) is 0.714. The third kappa shape index (κ3) is 6.69. The molecule has 2 rings (SSSR count). The van der Waals surface area contributed by atoms with Gasteiger partial charge in [-0.05, 0) is 18.6 Å². The van der Waals surface area contributed by atoms with Crippen molar-refractivity contribution in [1.29, 1.82) is 0 Å². The molecule has 146 valence electrons. The number of nitrogens with zero attached hydrogens (tertiary/aromatic N) is 1. The zero-order valence-electron chi connectivity index (χ0n) is 15.9. The molecule has 1 N–H and O–H groups in total. The molecule has 0 atom stereocenters. The van der Waals surface area contributed by atoms with Gasteiger partial charge in [0.2, 0.25) is 15.9 Å². The van der Waals surface area contributed by atoms with E-state index in [4.69, 9.17) is 4.74 Å². The Morgan fingerprint density at radius 1 is 1.11 bits per heavy atom. The fraction of sp³-hybridized carbons (Fsp3) is 0.350. The molecule has 0 aromatic heterocycles. The first-order valence-electron chi connectivity index (χ1n) is 8.69. The maximum absolute atomic E-state index is 12.2. The lowest BCUT2D eigenvalue weighted by Gasteiger charge is -2.20. The van der Waals surface area contributed by atoms with Gasteiger partial charge in [-0.25, -0.2) is 8.42 Å². The largest absolute Gasteiger partial charge is 0.496 e. The molecule has 0 radical (unpaired) electrons. The Morgan fingerprint density at radius 2 is 1.78 bits per heavy atom. The highest BCUT2D eigenvalue weighted by molar-refractivity contribution is 7.88. The molecule has 0 saturated carbocycles. The minimum absolute atomic E-state index is 0.0913. The first-order chi connectivity index (χ1) is 12.8. The predicted molar refractivity (Wildman–Crippen MR) is 106 cm³/mol. The van der Waals surface area contributed by atoms with Crippen LogP contribution < -0.4 is 10.1 Å². The summed E-state index contributed by atoms with van der Waals surface area (Å²) >= 11 is 0. The number of nitrogens with one attached hydrogen (secondary N) is 1. The van der Waals surface area contributed by atoms with Gasteiger partial charge in [0.15, 0.2) is 0 Å². The summed E-state index contributed by atoms with van der Waals surface area (Å²) in [7, 11) is -1.83. The van der Waals surface area contributed by atoms with Crippen LogP contribution in [0.25, 0.3) is 0 Å². The highest BCUT2D eigenvalue weighted by Gasteiger charge is 2.18. The van der Waals surface area contributed by atoms with Crippen molar-refractivity contribution in [2.75, 3.05) is 19.9 Å². The molecule has 27 heavy (non-hydrogen) atoms. The molecule has 0 fully saturated rings. The van der Waals surface area contributed by atoms with Crippen LogP contribution in [0.4, 0.5) is 0 Å². The third-order valence-electron chi connectivity index (χ3n) is 4.21. The van der Waals surface area contributed by atoms with E-state index in [9.17, 15) is 13.2 Å². The Bertz CT molecular complexity index is 864. The lowest BCUT2D eigenvalue weighted by Crippen LogP contribution is -2.34. The van der Waals surface area contributed by atoms with Gasteiger partial charge < -0.3 is 10.1 Å². The second kappa shape index (κ2) is 9.53. The molecule has 1 amide bonds. The molecule has 2 aromatic carbocycles. The van der Waals surface area contributed by atoms with Gasteiger partial charge in [-0.15, -0.1) is 0 Å². The SMILES string of the molecule is COc1ccccc1CNC(=O)CCN(Cc1ccc(C)cc1)S(C)(=O)=O. The molecular formula is C20H26N2O4S. The summed E-state index contributed by atoms with van der Waals surface area (Å²) in [6, 6.07) is 15.1. The van der Waals surface area contributed by atoms with Gasteiger partial charge in [0, 0.05) is 31.6 Å². The van der Waals surface area contributed by atoms with E-state index in [1.807, 2.05) is 55.5 Å². The van der Waals surface area contributed by atoms with Crippen molar-refractivity contribution >= 4 is 15.9 Å². The van der Waals surface area contributed by atoms with Gasteiger partial charge >= 0.3 is 0 Å². The van der Waals surface area contributed by atoms with Gasteiger partial charge in [-0.3, -0.25) is 4.79 Å². The number of aryl methyl sites for hydroxylation is 1. The van der Waals surface area contributed by atoms with Crippen molar-refractivity contribution in [2.45, 2.75) is 26.4 Å². The number of hydrogen-bond acceptors (Lipinski definition) is 4. The Morgan fingerprint density at radius 3 is 2.41 bits per heavy atom. The second-order valence-electron chi connectivity index (χ2n) is 6.42. The van der Waals surface area contributed by atoms with E-state index in [2.05, 4.69) is 5.32 Å². The highest BCUT2D eigenvalue weighted by atomic mass is 32.2. The van der Waals surface area contributed by atoms with Gasteiger partial charge in [0.25, 0.3) is 0 Å². The molecule has 0 saturated heterocycles. The van der Waals surface area contributed by atoms with E-state index in [0.717, 1.165) is 22.9 Å². The number of rotatable bonds is 9. The van der Waals surface area contributed by atoms with Crippen LogP contribution in [0.5, 0.6) is 5.75 Å². The summed E-state index contributed by atoms with van der Waals surface area (Å²) in [5.41, 5.74) is 2.87. The molecule has 0 aliphatic rings. The number of para-hydroxylation sites is 1. The molecule has 0 unspecified atom stereocenters. The summed E-state index contributed by atoms with van der Waals surface area (Å²) in [6.45, 7) is 2.69. The Balaban J connectivity index is 1.92. The van der Waals surface area contributed by atoms with E-state index in [0.29, 0.717) is 12.3 Å². The lowest BCUT2D eigenvalue weighted by atomic mass is 10.1. The minimum Gasteiger partial charge on any atom is -0.496 e. The smallest absolute Gasteiger partial charge is 0.221 e. The average molecular weight is 391 g/mol. The summed E-state index contributed by atoms with van der Waals surface area (Å²) < 4.78 is 30.7. The molecular weight excluding hydrogens is 364 g/mol. The zero-order valence-corrected chi connectivity index (χ0v) is 16.8. The summed E-state index contributed by atoms with van der Waals surface area (Å²) in [6.07, 6.45) is 1.25. The number of carbonyl (C=O) groups excluding carboxylic acids is 1. The van der Waals surface area contributed by atoms with Gasteiger partial charge in [0.1, 0.15) is 5.75 Å². The van der Waals surface area contributed by atoms with E-state index >= 15 is 0 Å². The van der Waals surface area contributed by atoms with E-state index < -0.39 is 10.0 Å². The highest BCUT2D eigenvalue weighted by Crippen LogP contribution is 2.16. The van der Waals surface area contributed by atoms with E-state index in [-0.39, 0.29) is 25.4 Å². The maximum Gasteiger partial charge on any atom is 0.221 e. The summed E-state index contributed by atoms with van der Waals surface area (Å²) in [4.78, 5) is 12.2. The number of carbonyl (C=O) groups is 1. The first kappa shape index (κ1) is 20.9. The standard InChI is InChI=1S/C20H26N2O4S/c1-16-8-10-17(11-9-16)15-22(27(3,24)25)13-12-20(23)21-14-18-6-4-5-7-19(18)26-2/h4-11H,12-15H2,1-3H3,(H,21,23). The summed E-state index contributed by atoms with van der Waals surface area (Å²) in [5.74, 6) is 0.494. The molecule has 7 heteroatoms. The van der Waals surface area contributed by atoms with Crippen LogP contribution in [0, 0.1) is 6.92 Å². The van der Waals surface area contributed by atoms with Gasteiger partial charge in [-0.1, -0.05) is 48.0 Å². The van der Waals surface area contributed by atoms with Gasteiger partial charge in [-0.2, -0.15) is 4.31 Å². The monoisotopic (exact) mass is 390 g/mol. The van der Waals surface area contributed by atoms with Crippen LogP contribution in [0.15, 0.2) is 48.5 Å². The van der Waals surface area contributed by atoms with Crippen LogP contribution in [0.2, 0.25) is 0 Å². The van der Waals surface area contributed by atoms with Crippen LogP contribution in [0.3, 0.4) is 0 Å². The van der Waals surface area contributed by atoms with Crippen molar-refractivity contribution in [1.82, 2.24) is 9.62 Å². The fourth-order valence-electron chi connectivity index (χ4n) is 2.62. The molecule has 0 spiro atoms. The van der Waals surface area contributed by atoms with Crippen LogP contribution in [0.1, 0.15) is 23.1 Å². The lowest BCUT2D eigenvalue weighted by molar-refractivity contribution is -0.121. The number of amides is 1. The van der Waals surface area contributed by atoms with Crippen LogP contribution >= 0.6 is 0 Å². The summed E-state index contributed by atoms with van der Waals surface area (Å²) in [5, 5.41) is 2.81. The van der Waals surface area contributed by atoms with Crippen molar-refractivity contribution < 1.29 is 17.9 Å². The van der Waals surface area contributed by atoms with Crippen molar-refractivity contribution in [3.05, 3.63) is 65.2 Å². The zero-order chi connectivity index (χ0) is 19.9. The normalized spacial score (nSPS) is 11.4. The molecule has 0 aliphatic carbocycles. The molecule has 2 aromatic rings.